The highest BCUT2D eigenvalue weighted by atomic mass is 16.3. The molecule has 20 heavy (non-hydrogen) atoms. The number of nitrogen functional groups attached to an aromatic ring is 1. The Morgan fingerprint density at radius 3 is 2.50 bits per heavy atom. The highest BCUT2D eigenvalue weighted by Gasteiger charge is 2.20. The van der Waals surface area contributed by atoms with Gasteiger partial charge in [0.2, 0.25) is 0 Å². The van der Waals surface area contributed by atoms with Crippen LogP contribution in [0.5, 0.6) is 0 Å². The lowest BCUT2D eigenvalue weighted by Gasteiger charge is -2.20. The normalized spacial score (nSPS) is 13.1. The van der Waals surface area contributed by atoms with Crippen molar-refractivity contribution >= 4 is 11.6 Å². The van der Waals surface area contributed by atoms with Gasteiger partial charge in [-0.15, -0.1) is 0 Å². The second-order valence-corrected chi connectivity index (χ2v) is 5.74. The van der Waals surface area contributed by atoms with Crippen LogP contribution in [0.2, 0.25) is 0 Å². The molecule has 0 saturated heterocycles. The van der Waals surface area contributed by atoms with Crippen molar-refractivity contribution in [2.75, 3.05) is 10.7 Å². The van der Waals surface area contributed by atoms with Crippen molar-refractivity contribution in [1.82, 2.24) is 9.97 Å². The topological polar surface area (TPSA) is 89.0 Å². The van der Waals surface area contributed by atoms with Crippen LogP contribution in [-0.2, 0) is 5.41 Å². The van der Waals surface area contributed by atoms with Crippen LogP contribution >= 0.6 is 0 Å². The average molecular weight is 275 g/mol. The molecule has 4 N–H and O–H groups in total. The molecule has 0 radical (unpaired) electrons. The lowest BCUT2D eigenvalue weighted by Crippen LogP contribution is -2.20. The number of hydrogen-bond donors (Lipinski definition) is 3. The number of rotatable bonds is 4. The summed E-state index contributed by atoms with van der Waals surface area (Å²) < 4.78 is 5.38. The Hall–Kier alpha value is -2.08. The van der Waals surface area contributed by atoms with Gasteiger partial charge in [0.15, 0.2) is 0 Å². The summed E-state index contributed by atoms with van der Waals surface area (Å²) in [5, 5.41) is 3.29. The largest absolute Gasteiger partial charge is 0.467 e. The molecule has 0 aliphatic heterocycles. The number of aromatic nitrogens is 2. The fourth-order valence-electron chi connectivity index (χ4n) is 1.76. The van der Waals surface area contributed by atoms with Crippen molar-refractivity contribution in [3.63, 3.8) is 0 Å². The number of anilines is 2. The first-order valence-electron chi connectivity index (χ1n) is 6.56. The van der Waals surface area contributed by atoms with Gasteiger partial charge in [-0.05, 0) is 19.1 Å². The average Bonchev–Trinajstić information content (AvgIpc) is 2.91. The van der Waals surface area contributed by atoms with Crippen molar-refractivity contribution < 1.29 is 4.42 Å². The second-order valence-electron chi connectivity index (χ2n) is 5.74. The Balaban J connectivity index is 2.27. The van der Waals surface area contributed by atoms with E-state index in [4.69, 9.17) is 10.3 Å². The molecular formula is C14H21N5O. The van der Waals surface area contributed by atoms with Gasteiger partial charge in [0.05, 0.1) is 12.3 Å². The number of hydrazine groups is 1. The summed E-state index contributed by atoms with van der Waals surface area (Å²) in [6.07, 6.45) is 1.65. The van der Waals surface area contributed by atoms with E-state index >= 15 is 0 Å². The van der Waals surface area contributed by atoms with E-state index in [1.165, 1.54) is 0 Å². The molecule has 6 heteroatoms. The third-order valence-electron chi connectivity index (χ3n) is 2.88. The third kappa shape index (κ3) is 3.27. The van der Waals surface area contributed by atoms with Crippen LogP contribution < -0.4 is 16.6 Å². The summed E-state index contributed by atoms with van der Waals surface area (Å²) in [5.41, 5.74) is 2.42. The molecule has 1 atom stereocenters. The van der Waals surface area contributed by atoms with Crippen molar-refractivity contribution in [3.05, 3.63) is 36.0 Å². The molecule has 2 rings (SSSR count). The molecular weight excluding hydrogens is 254 g/mol. The molecule has 1 unspecified atom stereocenters. The van der Waals surface area contributed by atoms with Gasteiger partial charge in [-0.3, -0.25) is 0 Å². The highest BCUT2D eigenvalue weighted by molar-refractivity contribution is 5.48. The predicted octanol–water partition coefficient (Wildman–Crippen LogP) is 2.83. The highest BCUT2D eigenvalue weighted by Crippen LogP contribution is 2.24. The molecule has 0 amide bonds. The fourth-order valence-corrected chi connectivity index (χ4v) is 1.76. The van der Waals surface area contributed by atoms with Crippen LogP contribution in [0.4, 0.5) is 11.6 Å². The summed E-state index contributed by atoms with van der Waals surface area (Å²) in [4.78, 5) is 8.93. The van der Waals surface area contributed by atoms with Crippen LogP contribution in [0, 0.1) is 0 Å². The van der Waals surface area contributed by atoms with Crippen LogP contribution in [0.1, 0.15) is 45.3 Å². The second kappa shape index (κ2) is 5.50. The van der Waals surface area contributed by atoms with Gasteiger partial charge in [0.25, 0.3) is 0 Å². The first-order chi connectivity index (χ1) is 9.40. The van der Waals surface area contributed by atoms with E-state index in [1.807, 2.05) is 19.1 Å². The SMILES string of the molecule is CC(Nc1cc(NN)nc(C(C)(C)C)n1)c1ccco1. The smallest absolute Gasteiger partial charge is 0.145 e. The van der Waals surface area contributed by atoms with Gasteiger partial charge in [-0.2, -0.15) is 0 Å². The Morgan fingerprint density at radius 2 is 1.95 bits per heavy atom. The van der Waals surface area contributed by atoms with E-state index in [2.05, 4.69) is 41.5 Å². The number of nitrogens with two attached hydrogens (primary N) is 1. The molecule has 0 spiro atoms. The number of furan rings is 1. The number of hydrogen-bond acceptors (Lipinski definition) is 6. The maximum atomic E-state index is 5.47. The zero-order valence-corrected chi connectivity index (χ0v) is 12.3. The maximum Gasteiger partial charge on any atom is 0.145 e. The first kappa shape index (κ1) is 14.3. The Labute approximate surface area is 118 Å². The molecule has 0 aromatic carbocycles. The van der Waals surface area contributed by atoms with Crippen LogP contribution in [0.3, 0.4) is 0 Å². The van der Waals surface area contributed by atoms with Crippen LogP contribution in [0.25, 0.3) is 0 Å². The van der Waals surface area contributed by atoms with Crippen molar-refractivity contribution in [2.45, 2.75) is 39.2 Å². The van der Waals surface area contributed by atoms with Crippen LogP contribution in [-0.4, -0.2) is 9.97 Å². The maximum absolute atomic E-state index is 5.47. The van der Waals surface area contributed by atoms with Crippen molar-refractivity contribution in [2.24, 2.45) is 5.84 Å². The van der Waals surface area contributed by atoms with E-state index < -0.39 is 0 Å². The summed E-state index contributed by atoms with van der Waals surface area (Å²) in [7, 11) is 0. The van der Waals surface area contributed by atoms with Gasteiger partial charge in [0.1, 0.15) is 23.2 Å². The third-order valence-corrected chi connectivity index (χ3v) is 2.88. The molecule has 0 aliphatic carbocycles. The van der Waals surface area contributed by atoms with E-state index in [-0.39, 0.29) is 11.5 Å². The standard InChI is InChI=1S/C14H21N5O/c1-9(10-6-5-7-20-10)16-11-8-12(19-15)18-13(17-11)14(2,3)4/h5-9H,15H2,1-4H3,(H2,16,17,18,19). The summed E-state index contributed by atoms with van der Waals surface area (Å²) >= 11 is 0. The monoisotopic (exact) mass is 275 g/mol. The molecule has 108 valence electrons. The van der Waals surface area contributed by atoms with Gasteiger partial charge in [-0.25, -0.2) is 15.8 Å². The molecule has 2 aromatic heterocycles. The number of nitrogens with one attached hydrogen (secondary N) is 2. The summed E-state index contributed by atoms with van der Waals surface area (Å²) in [5.74, 6) is 8.34. The van der Waals surface area contributed by atoms with E-state index in [0.717, 1.165) is 11.6 Å². The number of nitrogens with zero attached hydrogens (tertiary/aromatic N) is 2. The minimum Gasteiger partial charge on any atom is -0.467 e. The molecule has 2 aromatic rings. The van der Waals surface area contributed by atoms with E-state index in [9.17, 15) is 0 Å². The van der Waals surface area contributed by atoms with E-state index in [1.54, 1.807) is 12.3 Å². The van der Waals surface area contributed by atoms with Gasteiger partial charge in [0, 0.05) is 11.5 Å². The zero-order valence-electron chi connectivity index (χ0n) is 12.3. The van der Waals surface area contributed by atoms with Crippen LogP contribution in [0.15, 0.2) is 28.9 Å². The van der Waals surface area contributed by atoms with Crippen molar-refractivity contribution in [3.8, 4) is 0 Å². The molecule has 2 heterocycles. The van der Waals surface area contributed by atoms with E-state index in [0.29, 0.717) is 11.6 Å². The van der Waals surface area contributed by atoms with Gasteiger partial charge < -0.3 is 15.2 Å². The van der Waals surface area contributed by atoms with Gasteiger partial charge >= 0.3 is 0 Å². The zero-order chi connectivity index (χ0) is 14.8. The van der Waals surface area contributed by atoms with Gasteiger partial charge in [-0.1, -0.05) is 20.8 Å². The Morgan fingerprint density at radius 1 is 1.25 bits per heavy atom. The lowest BCUT2D eigenvalue weighted by molar-refractivity contribution is 0.489. The molecule has 0 bridgehead atoms. The molecule has 0 aliphatic rings. The molecule has 0 fully saturated rings. The Bertz CT molecular complexity index is 559. The first-order valence-corrected chi connectivity index (χ1v) is 6.56. The summed E-state index contributed by atoms with van der Waals surface area (Å²) in [6, 6.07) is 5.57. The van der Waals surface area contributed by atoms with Crippen molar-refractivity contribution in [1.29, 1.82) is 0 Å². The predicted molar refractivity (Wildman–Crippen MR) is 79.3 cm³/mol. The fraction of sp³-hybridized carbons (Fsp3) is 0.429. The Kier molecular flexibility index (Phi) is 3.94. The minimum absolute atomic E-state index is 0.0124. The quantitative estimate of drug-likeness (QED) is 0.587. The lowest BCUT2D eigenvalue weighted by atomic mass is 9.96. The summed E-state index contributed by atoms with van der Waals surface area (Å²) in [6.45, 7) is 8.18. The molecule has 6 nitrogen and oxygen atoms in total. The minimum atomic E-state index is -0.156. The molecule has 0 saturated carbocycles.